The Morgan fingerprint density at radius 1 is 1.31 bits per heavy atom. The lowest BCUT2D eigenvalue weighted by molar-refractivity contribution is 0.0949. The van der Waals surface area contributed by atoms with Crippen molar-refractivity contribution in [3.8, 4) is 11.6 Å². The average Bonchev–Trinajstić information content (AvgIpc) is 3.24. The number of anilines is 1. The third-order valence-electron chi connectivity index (χ3n) is 3.64. The summed E-state index contributed by atoms with van der Waals surface area (Å²) < 4.78 is 10.9. The van der Waals surface area contributed by atoms with Crippen LogP contribution < -0.4 is 15.9 Å². The first kappa shape index (κ1) is 17.1. The highest BCUT2D eigenvalue weighted by molar-refractivity contribution is 6.00. The molecule has 11 heteroatoms. The van der Waals surface area contributed by atoms with Gasteiger partial charge < -0.3 is 10.5 Å². The molecule has 11 nitrogen and oxygen atoms in total. The van der Waals surface area contributed by atoms with Crippen LogP contribution in [0.4, 0.5) is 5.82 Å². The van der Waals surface area contributed by atoms with Crippen LogP contribution in [-0.2, 0) is 0 Å². The summed E-state index contributed by atoms with van der Waals surface area (Å²) in [6.45, 7) is 3.41. The van der Waals surface area contributed by atoms with E-state index in [0.29, 0.717) is 11.4 Å². The summed E-state index contributed by atoms with van der Waals surface area (Å²) in [5, 5.41) is 18.9. The lowest BCUT2D eigenvalue weighted by Crippen LogP contribution is -2.21. The molecule has 0 radical (unpaired) electrons. The standard InChI is InChI=1S/C15H16N8O3/c1-8(10-4-6-11(25-3)7-5-10)17-19-15(24)12-9(2)23(22-18-12)14-13(16)20-26-21-14/h4-7H,1-3H3,(H2,16,20)(H,19,24)/b17-8+. The number of nitrogens with zero attached hydrogens (tertiary/aromatic N) is 6. The minimum Gasteiger partial charge on any atom is -0.497 e. The summed E-state index contributed by atoms with van der Waals surface area (Å²) in [6.07, 6.45) is 0. The molecule has 0 fully saturated rings. The van der Waals surface area contributed by atoms with Crippen LogP contribution in [0, 0.1) is 6.92 Å². The Morgan fingerprint density at radius 2 is 2.04 bits per heavy atom. The summed E-state index contributed by atoms with van der Waals surface area (Å²) in [5.41, 5.74) is 10.0. The molecular formula is C15H16N8O3. The minimum absolute atomic E-state index is 0.0401. The van der Waals surface area contributed by atoms with Crippen molar-refractivity contribution in [2.45, 2.75) is 13.8 Å². The van der Waals surface area contributed by atoms with Crippen molar-refractivity contribution in [1.82, 2.24) is 30.7 Å². The minimum atomic E-state index is -0.517. The van der Waals surface area contributed by atoms with Crippen LogP contribution >= 0.6 is 0 Å². The Morgan fingerprint density at radius 3 is 2.65 bits per heavy atom. The van der Waals surface area contributed by atoms with Crippen molar-refractivity contribution >= 4 is 17.4 Å². The second kappa shape index (κ2) is 7.01. The van der Waals surface area contributed by atoms with Gasteiger partial charge in [-0.2, -0.15) is 9.78 Å². The number of amides is 1. The molecule has 0 saturated heterocycles. The van der Waals surface area contributed by atoms with Gasteiger partial charge in [-0.05, 0) is 54.0 Å². The number of carbonyl (C=O) groups excluding carboxylic acids is 1. The number of hydrogen-bond acceptors (Lipinski definition) is 9. The summed E-state index contributed by atoms with van der Waals surface area (Å²) in [4.78, 5) is 12.3. The molecule has 0 aliphatic heterocycles. The monoisotopic (exact) mass is 356 g/mol. The Kier molecular flexibility index (Phi) is 4.60. The predicted octanol–water partition coefficient (Wildman–Crippen LogP) is 0.704. The van der Waals surface area contributed by atoms with E-state index in [1.54, 1.807) is 21.0 Å². The number of carbonyl (C=O) groups is 1. The first-order valence-corrected chi connectivity index (χ1v) is 7.51. The Balaban J connectivity index is 1.76. The van der Waals surface area contributed by atoms with Crippen LogP contribution in [-0.4, -0.2) is 44.0 Å². The van der Waals surface area contributed by atoms with Gasteiger partial charge in [-0.25, -0.2) is 10.1 Å². The highest BCUT2D eigenvalue weighted by Gasteiger charge is 2.20. The molecule has 3 aromatic rings. The number of nitrogen functional groups attached to an aromatic ring is 1. The second-order valence-electron chi connectivity index (χ2n) is 5.27. The zero-order chi connectivity index (χ0) is 18.7. The Hall–Kier alpha value is -3.76. The highest BCUT2D eigenvalue weighted by atomic mass is 16.6. The first-order valence-electron chi connectivity index (χ1n) is 7.51. The summed E-state index contributed by atoms with van der Waals surface area (Å²) in [5.74, 6) is 0.418. The van der Waals surface area contributed by atoms with Crippen LogP contribution in [0.5, 0.6) is 5.75 Å². The Bertz CT molecular complexity index is 958. The van der Waals surface area contributed by atoms with Gasteiger partial charge >= 0.3 is 0 Å². The number of nitrogens with two attached hydrogens (primary N) is 1. The smallest absolute Gasteiger partial charge is 0.293 e. The van der Waals surface area contributed by atoms with Crippen LogP contribution in [0.3, 0.4) is 0 Å². The van der Waals surface area contributed by atoms with Crippen molar-refractivity contribution in [2.24, 2.45) is 5.10 Å². The number of hydrazone groups is 1. The zero-order valence-electron chi connectivity index (χ0n) is 14.3. The maximum absolute atomic E-state index is 12.3. The van der Waals surface area contributed by atoms with Crippen LogP contribution in [0.15, 0.2) is 34.0 Å². The van der Waals surface area contributed by atoms with E-state index in [1.165, 1.54) is 4.68 Å². The number of ether oxygens (including phenoxy) is 1. The van der Waals surface area contributed by atoms with E-state index < -0.39 is 5.91 Å². The lowest BCUT2D eigenvalue weighted by Gasteiger charge is -2.04. The normalized spacial score (nSPS) is 11.4. The summed E-state index contributed by atoms with van der Waals surface area (Å²) >= 11 is 0. The molecule has 0 spiro atoms. The lowest BCUT2D eigenvalue weighted by atomic mass is 10.1. The molecule has 0 saturated carbocycles. The fraction of sp³-hybridized carbons (Fsp3) is 0.200. The van der Waals surface area contributed by atoms with Gasteiger partial charge in [0.15, 0.2) is 5.69 Å². The van der Waals surface area contributed by atoms with E-state index in [1.807, 2.05) is 24.3 Å². The fourth-order valence-electron chi connectivity index (χ4n) is 2.16. The molecule has 0 atom stereocenters. The van der Waals surface area contributed by atoms with E-state index >= 15 is 0 Å². The van der Waals surface area contributed by atoms with Crippen molar-refractivity contribution in [3.63, 3.8) is 0 Å². The number of aromatic nitrogens is 5. The molecule has 26 heavy (non-hydrogen) atoms. The van der Waals surface area contributed by atoms with E-state index in [9.17, 15) is 4.79 Å². The maximum Gasteiger partial charge on any atom is 0.293 e. The third-order valence-corrected chi connectivity index (χ3v) is 3.64. The summed E-state index contributed by atoms with van der Waals surface area (Å²) in [6, 6.07) is 7.29. The van der Waals surface area contributed by atoms with Crippen molar-refractivity contribution in [2.75, 3.05) is 12.8 Å². The van der Waals surface area contributed by atoms with Gasteiger partial charge in [0, 0.05) is 0 Å². The molecule has 2 aromatic heterocycles. The van der Waals surface area contributed by atoms with Gasteiger partial charge in [0.1, 0.15) is 5.75 Å². The van der Waals surface area contributed by atoms with E-state index in [0.717, 1.165) is 11.3 Å². The number of nitrogens with one attached hydrogen (secondary N) is 1. The first-order chi connectivity index (χ1) is 12.5. The van der Waals surface area contributed by atoms with Crippen molar-refractivity contribution < 1.29 is 14.2 Å². The second-order valence-corrected chi connectivity index (χ2v) is 5.27. The zero-order valence-corrected chi connectivity index (χ0v) is 14.3. The molecule has 3 rings (SSSR count). The number of hydrogen-bond donors (Lipinski definition) is 2. The quantitative estimate of drug-likeness (QED) is 0.502. The van der Waals surface area contributed by atoms with Crippen LogP contribution in [0.1, 0.15) is 28.7 Å². The number of methoxy groups -OCH3 is 1. The third kappa shape index (κ3) is 3.22. The molecule has 0 unspecified atom stereocenters. The van der Waals surface area contributed by atoms with Crippen LogP contribution in [0.25, 0.3) is 5.82 Å². The van der Waals surface area contributed by atoms with Crippen LogP contribution in [0.2, 0.25) is 0 Å². The maximum atomic E-state index is 12.3. The number of rotatable bonds is 5. The highest BCUT2D eigenvalue weighted by Crippen LogP contribution is 2.15. The number of benzene rings is 1. The van der Waals surface area contributed by atoms with Gasteiger partial charge in [-0.15, -0.1) is 5.10 Å². The summed E-state index contributed by atoms with van der Waals surface area (Å²) in [7, 11) is 1.59. The largest absolute Gasteiger partial charge is 0.497 e. The van der Waals surface area contributed by atoms with E-state index in [4.69, 9.17) is 10.5 Å². The molecule has 2 heterocycles. The molecule has 0 aliphatic rings. The molecule has 3 N–H and O–H groups in total. The molecule has 0 bridgehead atoms. The van der Waals surface area contributed by atoms with Crippen molar-refractivity contribution in [3.05, 3.63) is 41.2 Å². The molecule has 1 amide bonds. The van der Waals surface area contributed by atoms with Gasteiger partial charge in [0.25, 0.3) is 5.91 Å². The van der Waals surface area contributed by atoms with Gasteiger partial charge in [-0.1, -0.05) is 5.21 Å². The Labute approximate surface area is 147 Å². The molecular weight excluding hydrogens is 340 g/mol. The van der Waals surface area contributed by atoms with E-state index in [-0.39, 0.29) is 17.3 Å². The average molecular weight is 356 g/mol. The van der Waals surface area contributed by atoms with E-state index in [2.05, 4.69) is 35.8 Å². The van der Waals surface area contributed by atoms with Gasteiger partial charge in [0.2, 0.25) is 11.6 Å². The fourth-order valence-corrected chi connectivity index (χ4v) is 2.16. The topological polar surface area (TPSA) is 146 Å². The van der Waals surface area contributed by atoms with Gasteiger partial charge in [0.05, 0.1) is 18.5 Å². The predicted molar refractivity (Wildman–Crippen MR) is 91.0 cm³/mol. The molecule has 0 aliphatic carbocycles. The van der Waals surface area contributed by atoms with Crippen molar-refractivity contribution in [1.29, 1.82) is 0 Å². The molecule has 1 aromatic carbocycles. The molecule has 134 valence electrons. The SMILES string of the molecule is COc1ccc(/C(C)=N/NC(=O)c2nnn(-c3nonc3N)c2C)cc1. The van der Waals surface area contributed by atoms with Gasteiger partial charge in [-0.3, -0.25) is 4.79 Å².